The zero-order valence-corrected chi connectivity index (χ0v) is 65.8. The predicted molar refractivity (Wildman–Crippen MR) is 434 cm³/mol. The number of rotatable bonds is 14. The Morgan fingerprint density at radius 1 is 0.405 bits per heavy atom. The lowest BCUT2D eigenvalue weighted by Crippen LogP contribution is -2.50. The molecule has 0 saturated carbocycles. The van der Waals surface area contributed by atoms with Gasteiger partial charge in [0, 0.05) is 261 Å². The second-order valence-electron chi connectivity index (χ2n) is 31.1. The molecule has 4 fully saturated rings. The zero-order valence-electron chi connectivity index (χ0n) is 65.8. The van der Waals surface area contributed by atoms with Crippen molar-refractivity contribution < 1.29 is 41.7 Å². The first-order valence-corrected chi connectivity index (χ1v) is 38.6. The molecule has 0 aliphatic carbocycles. The van der Waals surface area contributed by atoms with Crippen molar-refractivity contribution in [1.29, 1.82) is 0 Å². The van der Waals surface area contributed by atoms with Crippen molar-refractivity contribution in [2.75, 3.05) is 145 Å². The fourth-order valence-corrected chi connectivity index (χ4v) is 15.9. The summed E-state index contributed by atoms with van der Waals surface area (Å²) < 4.78 is 71.9. The first kappa shape index (κ1) is 79.1. The van der Waals surface area contributed by atoms with Crippen LogP contribution in [0.15, 0.2) is 131 Å². The van der Waals surface area contributed by atoms with E-state index in [9.17, 15) is 32.3 Å². The van der Waals surface area contributed by atoms with Gasteiger partial charge in [0.2, 0.25) is 0 Å². The van der Waals surface area contributed by atoms with Gasteiger partial charge in [-0.3, -0.25) is 34.2 Å². The number of nitrogens with one attached hydrogen (secondary N) is 4. The standard InChI is InChI=1S/C24H29F3N4O3.C23H30N4O3.C19H24N4O.C18H22N4O/c1-23(2,3)34-22(32)30-12-9-29(10-13-30)11-14-31-19-15-16(33-4)5-6-17(19)18-7-8-28-21(20(18)31)24(25,26)27;1-16-21-19(7-8-24-16)18-6-5-17(28)15-20(18)27(21)14-11-25-9-12-26(13-10-25)22(29)30-23(2,3)4;1-14-19-17(5-6-21-14)16-4-3-15(24-2)13-18(16)23(19)12-11-22-9-7-20-8-10-22;1-13-18-16(4-5-20-13)15-3-2-14(23)12-17(15)22(18)11-10-21-8-6-19-7-9-21/h5-8,15H,9-14H2,1-4H3;5-8,15,24H,9-14H2,1-4H3;3-6,13,20H,7-12H2,1-2H3;2-5,12,19-20H,6-11H2,1H3. The first-order valence-electron chi connectivity index (χ1n) is 38.6. The second kappa shape index (κ2) is 33.9. The molecule has 111 heavy (non-hydrogen) atoms. The molecule has 4 aliphatic heterocycles. The van der Waals surface area contributed by atoms with E-state index in [0.29, 0.717) is 69.0 Å². The highest BCUT2D eigenvalue weighted by Gasteiger charge is 2.37. The highest BCUT2D eigenvalue weighted by atomic mass is 19.4. The van der Waals surface area contributed by atoms with Gasteiger partial charge in [-0.05, 0) is 135 Å². The van der Waals surface area contributed by atoms with E-state index >= 15 is 0 Å². The minimum Gasteiger partial charge on any atom is -0.497 e. The van der Waals surface area contributed by atoms with Crippen LogP contribution in [0.5, 0.6) is 11.5 Å². The summed E-state index contributed by atoms with van der Waals surface area (Å²) in [5.41, 5.74) is 9.10. The van der Waals surface area contributed by atoms with Crippen molar-refractivity contribution in [1.82, 2.24) is 78.2 Å². The Labute approximate surface area is 643 Å². The van der Waals surface area contributed by atoms with Crippen LogP contribution in [0.25, 0.3) is 87.2 Å². The number of aromatic amines is 2. The fraction of sp³-hybridized carbons (Fsp3) is 0.452. The Morgan fingerprint density at radius 2 is 0.748 bits per heavy atom. The van der Waals surface area contributed by atoms with Crippen LogP contribution in [0.2, 0.25) is 0 Å². The predicted octanol–water partition coefficient (Wildman–Crippen LogP) is 12.2. The number of nitrogens with zero attached hydrogens (tertiary/aromatic N) is 12. The van der Waals surface area contributed by atoms with E-state index in [-0.39, 0.29) is 28.6 Å². The molecular weight excluding hydrogens is 1420 g/mol. The maximum atomic E-state index is 13.8. The number of pyridine rings is 4. The van der Waals surface area contributed by atoms with E-state index in [1.54, 1.807) is 70.0 Å². The Morgan fingerprint density at radius 3 is 1.14 bits per heavy atom. The lowest BCUT2D eigenvalue weighted by Gasteiger charge is -2.35. The molecule has 0 unspecified atom stereocenters. The number of hydrogen-bond donors (Lipinski definition) is 4. The van der Waals surface area contributed by atoms with Gasteiger partial charge in [-0.25, -0.2) is 14.6 Å². The van der Waals surface area contributed by atoms with Gasteiger partial charge >= 0.3 is 18.4 Å². The van der Waals surface area contributed by atoms with Gasteiger partial charge in [0.15, 0.2) is 16.6 Å². The van der Waals surface area contributed by atoms with Crippen LogP contribution in [0.4, 0.5) is 22.8 Å². The average molecular weight is 1520 g/mol. The monoisotopic (exact) mass is 1520 g/mol. The lowest BCUT2D eigenvalue weighted by molar-refractivity contribution is -0.140. The minimum absolute atomic E-state index is 0.0270. The van der Waals surface area contributed by atoms with Crippen molar-refractivity contribution >= 4 is 99.4 Å². The van der Waals surface area contributed by atoms with Crippen LogP contribution in [0.1, 0.15) is 64.3 Å². The number of carbonyl (C=O) groups excluding carboxylic acids is 2. The van der Waals surface area contributed by atoms with E-state index in [2.05, 4.69) is 115 Å². The fourth-order valence-electron chi connectivity index (χ4n) is 15.9. The zero-order chi connectivity index (χ0) is 78.5. The molecule has 12 aromatic rings. The number of methoxy groups -OCH3 is 2. The molecule has 0 radical (unpaired) electrons. The molecular formula is C84H105F3N16O8. The van der Waals surface area contributed by atoms with Crippen LogP contribution in [-0.2, 0) is 41.8 Å². The number of aryl methyl sites for hydroxylation is 3. The molecule has 590 valence electrons. The summed E-state index contributed by atoms with van der Waals surface area (Å²) in [6, 6.07) is 30.2. The van der Waals surface area contributed by atoms with Crippen LogP contribution >= 0.6 is 0 Å². The van der Waals surface area contributed by atoms with E-state index in [0.717, 1.165) is 166 Å². The van der Waals surface area contributed by atoms with Gasteiger partial charge in [0.05, 0.1) is 64.0 Å². The van der Waals surface area contributed by atoms with Crippen molar-refractivity contribution in [2.24, 2.45) is 0 Å². The molecule has 2 amide bonds. The largest absolute Gasteiger partial charge is 0.497 e. The number of amides is 2. The number of benzene rings is 4. The maximum absolute atomic E-state index is 13.8. The normalized spacial score (nSPS) is 16.0. The molecule has 8 aromatic heterocycles. The lowest BCUT2D eigenvalue weighted by atomic mass is 10.1. The summed E-state index contributed by atoms with van der Waals surface area (Å²) in [5.74, 6) is 1.48. The van der Waals surface area contributed by atoms with Gasteiger partial charge in [-0.15, -0.1) is 0 Å². The molecule has 4 aromatic carbocycles. The number of H-pyrrole nitrogens is 2. The summed E-state index contributed by atoms with van der Waals surface area (Å²) >= 11 is 0. The van der Waals surface area contributed by atoms with Crippen molar-refractivity contribution in [3.63, 3.8) is 0 Å². The quantitative estimate of drug-likeness (QED) is 0.0794. The number of piperazine rings is 4. The number of alkyl halides is 3. The Balaban J connectivity index is 0.000000131. The highest BCUT2D eigenvalue weighted by molar-refractivity contribution is 6.11. The van der Waals surface area contributed by atoms with Crippen LogP contribution < -0.4 is 31.0 Å². The molecule has 4 N–H and O–H groups in total. The third kappa shape index (κ3) is 18.1. The summed E-state index contributed by atoms with van der Waals surface area (Å²) in [4.78, 5) is 76.2. The number of fused-ring (bicyclic) bond motifs is 12. The van der Waals surface area contributed by atoms with Crippen molar-refractivity contribution in [3.05, 3.63) is 165 Å². The van der Waals surface area contributed by atoms with E-state index in [4.69, 9.17) is 18.9 Å². The van der Waals surface area contributed by atoms with E-state index < -0.39 is 23.1 Å². The highest BCUT2D eigenvalue weighted by Crippen LogP contribution is 2.40. The van der Waals surface area contributed by atoms with Crippen molar-refractivity contribution in [2.45, 2.75) is 106 Å². The van der Waals surface area contributed by atoms with E-state index in [1.807, 2.05) is 78.3 Å². The van der Waals surface area contributed by atoms with Gasteiger partial charge in [0.1, 0.15) is 22.7 Å². The van der Waals surface area contributed by atoms with Crippen LogP contribution in [0, 0.1) is 20.8 Å². The summed E-state index contributed by atoms with van der Waals surface area (Å²) in [6.07, 6.45) is 1.87. The summed E-state index contributed by atoms with van der Waals surface area (Å²) in [6.45, 7) is 37.8. The number of ether oxygens (including phenoxy) is 4. The second-order valence-corrected chi connectivity index (χ2v) is 31.1. The Bertz CT molecular complexity index is 5420. The molecule has 4 aliphatic rings. The van der Waals surface area contributed by atoms with Gasteiger partial charge in [0.25, 0.3) is 0 Å². The molecule has 4 saturated heterocycles. The molecule has 12 heterocycles. The average Bonchev–Trinajstić information content (AvgIpc) is 1.62. The summed E-state index contributed by atoms with van der Waals surface area (Å²) in [7, 11) is 3.25. The molecule has 24 nitrogen and oxygen atoms in total. The number of halogens is 3. The molecule has 27 heteroatoms. The first-order chi connectivity index (χ1) is 53.2. The Kier molecular flexibility index (Phi) is 24.1. The van der Waals surface area contributed by atoms with Crippen molar-refractivity contribution in [3.8, 4) is 11.5 Å². The van der Waals surface area contributed by atoms with E-state index in [1.165, 1.54) is 46.0 Å². The number of aromatic nitrogens is 8. The van der Waals surface area contributed by atoms with Crippen LogP contribution in [0.3, 0.4) is 0 Å². The van der Waals surface area contributed by atoms with Gasteiger partial charge in [-0.1, -0.05) is 0 Å². The molecule has 0 bridgehead atoms. The summed E-state index contributed by atoms with van der Waals surface area (Å²) in [5, 5.41) is 15.2. The molecule has 16 rings (SSSR count). The third-order valence-corrected chi connectivity index (χ3v) is 21.4. The Hall–Kier alpha value is -10.0. The molecule has 0 spiro atoms. The topological polar surface area (TPSA) is 226 Å². The van der Waals surface area contributed by atoms with Gasteiger partial charge in [-0.2, -0.15) is 13.2 Å². The molecule has 0 atom stereocenters. The van der Waals surface area contributed by atoms with Gasteiger partial charge < -0.3 is 67.6 Å². The number of carbonyl (C=O) groups is 2. The smallest absolute Gasteiger partial charge is 0.435 e. The number of hydrogen-bond acceptors (Lipinski definition) is 16. The minimum atomic E-state index is -4.57. The third-order valence-electron chi connectivity index (χ3n) is 21.4. The maximum Gasteiger partial charge on any atom is 0.435 e. The SMILES string of the molecule is COc1ccc2c3ccnc(C(F)(F)F)c3n(CCN3CCN(C(=O)OC(C)(C)C)CC3)c2c1.COc1ccc2c3ccnc(C)c3n(CCN3CCNCC3)c2c1.Cc1[nH]ccc2c3ccc(=O)cc3n(CCN3CCN(C(=O)OC(C)(C)C)CC3)c12.Cc1[nH]ccc2c3ccc(=O)cc3n(CCN3CCNCC3)c12. The van der Waals surface area contributed by atoms with Crippen LogP contribution in [-0.4, -0.2) is 236 Å².